The van der Waals surface area contributed by atoms with Gasteiger partial charge in [-0.05, 0) is 61.4 Å². The zero-order chi connectivity index (χ0) is 20.1. The normalized spacial score (nSPS) is 13.7. The lowest BCUT2D eigenvalue weighted by Gasteiger charge is -2.13. The van der Waals surface area contributed by atoms with Gasteiger partial charge in [0.25, 0.3) is 5.91 Å². The van der Waals surface area contributed by atoms with Gasteiger partial charge in [0.2, 0.25) is 0 Å². The maximum Gasteiger partial charge on any atom is 0.416 e. The Bertz CT molecular complexity index is 1010. The molecule has 0 bridgehead atoms. The van der Waals surface area contributed by atoms with E-state index in [9.17, 15) is 18.0 Å². The van der Waals surface area contributed by atoms with Crippen molar-refractivity contribution in [2.45, 2.75) is 19.0 Å². The molecule has 0 spiro atoms. The van der Waals surface area contributed by atoms with Crippen LogP contribution in [0.4, 0.5) is 13.2 Å². The second-order valence-corrected chi connectivity index (χ2v) is 6.70. The van der Waals surface area contributed by atoms with Crippen LogP contribution in [-0.2, 0) is 6.18 Å². The molecule has 142 valence electrons. The zero-order valence-electron chi connectivity index (χ0n) is 14.7. The molecule has 1 aliphatic rings. The summed E-state index contributed by atoms with van der Waals surface area (Å²) in [7, 11) is 0. The molecular weight excluding hydrogens is 383 g/mol. The molecule has 0 saturated carbocycles. The maximum absolute atomic E-state index is 12.7. The summed E-state index contributed by atoms with van der Waals surface area (Å²) in [6.07, 6.45) is 1.10. The summed E-state index contributed by atoms with van der Waals surface area (Å²) in [6.45, 7) is 0. The van der Waals surface area contributed by atoms with Crippen LogP contribution in [0.25, 0.3) is 0 Å². The highest BCUT2D eigenvalue weighted by molar-refractivity contribution is 7.84. The highest BCUT2D eigenvalue weighted by Crippen LogP contribution is 2.29. The number of alkyl halides is 3. The molecule has 1 amide bonds. The lowest BCUT2D eigenvalue weighted by atomic mass is 10.1. The molecule has 0 aliphatic heterocycles. The molecule has 0 unspecified atom stereocenters. The van der Waals surface area contributed by atoms with Crippen molar-refractivity contribution in [1.82, 2.24) is 5.32 Å². The van der Waals surface area contributed by atoms with Crippen molar-refractivity contribution in [3.63, 3.8) is 0 Å². The number of carbonyl (C=O) groups is 1. The SMILES string of the molecule is O=C(NC1=C(S)CCC=C1)c1ccc(C#Cc2cccc(C(F)(F)F)c2)cc1. The van der Waals surface area contributed by atoms with Gasteiger partial charge in [0.15, 0.2) is 0 Å². The number of hydrogen-bond acceptors (Lipinski definition) is 2. The topological polar surface area (TPSA) is 29.1 Å². The van der Waals surface area contributed by atoms with Gasteiger partial charge in [-0.2, -0.15) is 13.2 Å². The molecule has 0 heterocycles. The molecule has 0 saturated heterocycles. The summed E-state index contributed by atoms with van der Waals surface area (Å²) >= 11 is 4.37. The molecule has 0 fully saturated rings. The fraction of sp³-hybridized carbons (Fsp3) is 0.136. The Morgan fingerprint density at radius 1 is 1.04 bits per heavy atom. The van der Waals surface area contributed by atoms with Crippen LogP contribution in [0.3, 0.4) is 0 Å². The van der Waals surface area contributed by atoms with E-state index < -0.39 is 11.7 Å². The zero-order valence-corrected chi connectivity index (χ0v) is 15.6. The minimum Gasteiger partial charge on any atom is -0.321 e. The predicted molar refractivity (Wildman–Crippen MR) is 106 cm³/mol. The van der Waals surface area contributed by atoms with Crippen LogP contribution in [0.1, 0.15) is 39.9 Å². The van der Waals surface area contributed by atoms with Crippen LogP contribution in [0.15, 0.2) is 71.3 Å². The molecule has 3 rings (SSSR count). The van der Waals surface area contributed by atoms with Crippen molar-refractivity contribution >= 4 is 18.5 Å². The van der Waals surface area contributed by atoms with Crippen molar-refractivity contribution in [2.24, 2.45) is 0 Å². The highest BCUT2D eigenvalue weighted by Gasteiger charge is 2.30. The summed E-state index contributed by atoms with van der Waals surface area (Å²) < 4.78 is 38.2. The summed E-state index contributed by atoms with van der Waals surface area (Å²) in [4.78, 5) is 13.2. The minimum atomic E-state index is -4.40. The molecule has 6 heteroatoms. The average Bonchev–Trinajstić information content (AvgIpc) is 2.68. The second kappa shape index (κ2) is 8.41. The van der Waals surface area contributed by atoms with E-state index in [2.05, 4.69) is 29.8 Å². The highest BCUT2D eigenvalue weighted by atomic mass is 32.1. The number of halogens is 3. The molecule has 28 heavy (non-hydrogen) atoms. The van der Waals surface area contributed by atoms with Crippen LogP contribution < -0.4 is 5.32 Å². The Labute approximate surface area is 166 Å². The van der Waals surface area contributed by atoms with Crippen molar-refractivity contribution in [1.29, 1.82) is 0 Å². The van der Waals surface area contributed by atoms with Crippen LogP contribution in [0.2, 0.25) is 0 Å². The van der Waals surface area contributed by atoms with Gasteiger partial charge >= 0.3 is 6.18 Å². The number of thiol groups is 1. The Kier molecular flexibility index (Phi) is 5.96. The Balaban J connectivity index is 1.71. The van der Waals surface area contributed by atoms with E-state index >= 15 is 0 Å². The van der Waals surface area contributed by atoms with E-state index in [0.29, 0.717) is 16.8 Å². The molecule has 0 aromatic heterocycles. The summed E-state index contributed by atoms with van der Waals surface area (Å²) in [5.41, 5.74) is 1.28. The van der Waals surface area contributed by atoms with E-state index in [1.165, 1.54) is 12.1 Å². The van der Waals surface area contributed by atoms with Crippen LogP contribution in [-0.4, -0.2) is 5.91 Å². The fourth-order valence-corrected chi connectivity index (χ4v) is 2.84. The van der Waals surface area contributed by atoms with Crippen LogP contribution in [0.5, 0.6) is 0 Å². The third kappa shape index (κ3) is 5.08. The van der Waals surface area contributed by atoms with E-state index in [0.717, 1.165) is 29.9 Å². The van der Waals surface area contributed by atoms with Gasteiger partial charge in [0.05, 0.1) is 5.56 Å². The van der Waals surface area contributed by atoms with Gasteiger partial charge in [0, 0.05) is 27.3 Å². The first kappa shape index (κ1) is 19.8. The van der Waals surface area contributed by atoms with Gasteiger partial charge in [-0.3, -0.25) is 4.79 Å². The number of hydrogen-bond donors (Lipinski definition) is 2. The second-order valence-electron chi connectivity index (χ2n) is 6.16. The molecule has 2 nitrogen and oxygen atoms in total. The maximum atomic E-state index is 12.7. The number of allylic oxidation sites excluding steroid dienone is 3. The Morgan fingerprint density at radius 3 is 2.43 bits per heavy atom. The molecule has 2 aromatic rings. The molecule has 2 aromatic carbocycles. The monoisotopic (exact) mass is 399 g/mol. The molecule has 1 N–H and O–H groups in total. The molecule has 1 aliphatic carbocycles. The first-order chi connectivity index (χ1) is 13.3. The van der Waals surface area contributed by atoms with Gasteiger partial charge in [-0.15, -0.1) is 12.6 Å². The molecule has 0 atom stereocenters. The average molecular weight is 399 g/mol. The number of benzene rings is 2. The number of rotatable bonds is 2. The third-order valence-corrected chi connectivity index (χ3v) is 4.54. The summed E-state index contributed by atoms with van der Waals surface area (Å²) in [5.74, 6) is 5.27. The third-order valence-electron chi connectivity index (χ3n) is 4.08. The summed E-state index contributed by atoms with van der Waals surface area (Å²) in [5, 5.41) is 2.82. The standard InChI is InChI=1S/C22H16F3NOS/c23-22(24,25)18-5-3-4-16(14-18)9-8-15-10-12-17(13-11-15)21(27)26-19-6-1-2-7-20(19)28/h1,3-6,10-14,28H,2,7H2,(H,26,27). The van der Waals surface area contributed by atoms with E-state index in [1.807, 2.05) is 12.2 Å². The van der Waals surface area contributed by atoms with E-state index in [1.54, 1.807) is 24.3 Å². The fourth-order valence-electron chi connectivity index (χ4n) is 2.58. The quantitative estimate of drug-likeness (QED) is 0.519. The lowest BCUT2D eigenvalue weighted by Crippen LogP contribution is -2.23. The van der Waals surface area contributed by atoms with Gasteiger partial charge < -0.3 is 5.32 Å². The first-order valence-corrected chi connectivity index (χ1v) is 8.97. The lowest BCUT2D eigenvalue weighted by molar-refractivity contribution is -0.137. The van der Waals surface area contributed by atoms with E-state index in [-0.39, 0.29) is 11.5 Å². The predicted octanol–water partition coefficient (Wildman–Crippen LogP) is 5.33. The van der Waals surface area contributed by atoms with Crippen molar-refractivity contribution < 1.29 is 18.0 Å². The number of carbonyl (C=O) groups excluding carboxylic acids is 1. The minimum absolute atomic E-state index is 0.259. The molecule has 0 radical (unpaired) electrons. The number of amides is 1. The molecular formula is C22H16F3NOS. The number of nitrogens with one attached hydrogen (secondary N) is 1. The van der Waals surface area contributed by atoms with Crippen LogP contribution in [0, 0.1) is 11.8 Å². The smallest absolute Gasteiger partial charge is 0.321 e. The van der Waals surface area contributed by atoms with Gasteiger partial charge in [-0.25, -0.2) is 0 Å². The van der Waals surface area contributed by atoms with E-state index in [4.69, 9.17) is 0 Å². The largest absolute Gasteiger partial charge is 0.416 e. The Morgan fingerprint density at radius 2 is 1.75 bits per heavy atom. The van der Waals surface area contributed by atoms with Crippen molar-refractivity contribution in [3.8, 4) is 11.8 Å². The van der Waals surface area contributed by atoms with Crippen LogP contribution >= 0.6 is 12.6 Å². The Hall–Kier alpha value is -2.91. The van der Waals surface area contributed by atoms with Gasteiger partial charge in [0.1, 0.15) is 0 Å². The van der Waals surface area contributed by atoms with Crippen molar-refractivity contribution in [2.75, 3.05) is 0 Å². The first-order valence-electron chi connectivity index (χ1n) is 8.52. The van der Waals surface area contributed by atoms with Gasteiger partial charge in [-0.1, -0.05) is 24.0 Å². The summed E-state index contributed by atoms with van der Waals surface area (Å²) in [6, 6.07) is 11.4. The van der Waals surface area contributed by atoms with Crippen molar-refractivity contribution in [3.05, 3.63) is 93.5 Å².